The van der Waals surface area contributed by atoms with Gasteiger partial charge in [-0.15, -0.1) is 0 Å². The molecule has 0 saturated carbocycles. The molecule has 0 aromatic heterocycles. The van der Waals surface area contributed by atoms with E-state index >= 15 is 0 Å². The molecule has 2 aromatic carbocycles. The van der Waals surface area contributed by atoms with Crippen molar-refractivity contribution >= 4 is 11.9 Å². The number of carbonyl (C=O) groups excluding carboxylic acids is 2. The fraction of sp³-hybridized carbons (Fsp3) is 0.741. The highest BCUT2D eigenvalue weighted by atomic mass is 16.8. The highest BCUT2D eigenvalue weighted by Gasteiger charge is 2.59. The molecular formula is C54H80N2O14. The van der Waals surface area contributed by atoms with Crippen LogP contribution in [0.25, 0.3) is 0 Å². The Bertz CT molecular complexity index is 1870. The van der Waals surface area contributed by atoms with Gasteiger partial charge in [0.15, 0.2) is 11.6 Å². The smallest absolute Gasteiger partial charge is 0.305 e. The fourth-order valence-electron chi connectivity index (χ4n) is 11.2. The maximum atomic E-state index is 12.7. The van der Waals surface area contributed by atoms with Gasteiger partial charge in [-0.25, -0.2) is 0 Å². The van der Waals surface area contributed by atoms with Gasteiger partial charge in [-0.05, 0) is 117 Å². The summed E-state index contributed by atoms with van der Waals surface area (Å²) in [6.07, 6.45) is 5.26. The van der Waals surface area contributed by atoms with Crippen molar-refractivity contribution in [2.24, 2.45) is 0 Å². The van der Waals surface area contributed by atoms with Gasteiger partial charge < -0.3 is 47.4 Å². The van der Waals surface area contributed by atoms with E-state index in [1.165, 1.54) is 0 Å². The van der Waals surface area contributed by atoms with E-state index in [9.17, 15) is 9.59 Å². The number of unbranched alkanes of at least 4 members (excludes halogenated alkanes) is 3. The fourth-order valence-corrected chi connectivity index (χ4v) is 11.2. The van der Waals surface area contributed by atoms with Gasteiger partial charge in [0.1, 0.15) is 74.6 Å². The quantitative estimate of drug-likeness (QED) is 0.0590. The van der Waals surface area contributed by atoms with Crippen molar-refractivity contribution in [2.45, 2.75) is 204 Å². The predicted molar refractivity (Wildman–Crippen MR) is 258 cm³/mol. The van der Waals surface area contributed by atoms with Gasteiger partial charge >= 0.3 is 11.9 Å². The summed E-state index contributed by atoms with van der Waals surface area (Å²) in [7, 11) is 0. The second-order valence-electron chi connectivity index (χ2n) is 22.9. The van der Waals surface area contributed by atoms with E-state index in [4.69, 9.17) is 57.0 Å². The third kappa shape index (κ3) is 13.8. The Balaban J connectivity index is 0.679. The monoisotopic (exact) mass is 981 g/mol. The molecule has 6 unspecified atom stereocenters. The van der Waals surface area contributed by atoms with Gasteiger partial charge in [0, 0.05) is 60.7 Å². The van der Waals surface area contributed by atoms with E-state index in [2.05, 4.69) is 79.4 Å². The number of hydroxylamine groups is 4. The third-order valence-corrected chi connectivity index (χ3v) is 14.1. The molecule has 8 rings (SSSR count). The van der Waals surface area contributed by atoms with Crippen LogP contribution in [0.15, 0.2) is 48.5 Å². The molecule has 390 valence electrons. The minimum atomic E-state index is -0.808. The molecular weight excluding hydrogens is 901 g/mol. The minimum Gasteiger partial charge on any atom is -0.491 e. The van der Waals surface area contributed by atoms with Gasteiger partial charge in [-0.3, -0.25) is 19.3 Å². The zero-order valence-corrected chi connectivity index (χ0v) is 43.4. The Morgan fingerprint density at radius 3 is 1.19 bits per heavy atom. The molecule has 16 nitrogen and oxygen atoms in total. The van der Waals surface area contributed by atoms with Crippen molar-refractivity contribution < 1.29 is 66.6 Å². The molecule has 6 fully saturated rings. The van der Waals surface area contributed by atoms with Crippen LogP contribution in [-0.2, 0) is 57.2 Å². The predicted octanol–water partition coefficient (Wildman–Crippen LogP) is 8.88. The average molecular weight is 981 g/mol. The van der Waals surface area contributed by atoms with Crippen LogP contribution in [0.2, 0.25) is 0 Å². The molecule has 6 atom stereocenters. The normalized spacial score (nSPS) is 27.7. The molecule has 0 amide bonds. The maximum absolute atomic E-state index is 12.7. The number of rotatable bonds is 23. The molecule has 2 aromatic rings. The number of carbonyl (C=O) groups is 2. The van der Waals surface area contributed by atoms with Gasteiger partial charge in [0.05, 0.1) is 26.4 Å². The summed E-state index contributed by atoms with van der Waals surface area (Å²) in [5.41, 5.74) is 0.423. The SMILES string of the molecule is CC(ON1C(C)(C)CC2(CC1(C)C)OCC(COC(=O)CCCCCCC(=O)OCC1COC3(CC(C)(C)N(OC(C)c4ccc(OCC5CO5)cc4)C(C)(C)C3)O1)O2)c1ccc(OCC2CO2)cc1. The van der Waals surface area contributed by atoms with Crippen molar-refractivity contribution in [3.63, 3.8) is 0 Å². The zero-order chi connectivity index (χ0) is 50.0. The molecule has 6 heterocycles. The number of hydrogen-bond donors (Lipinski definition) is 0. The summed E-state index contributed by atoms with van der Waals surface area (Å²) in [6, 6.07) is 16.1. The average Bonchev–Trinajstić information content (AvgIpc) is 4.23. The molecule has 0 radical (unpaired) electrons. The highest BCUT2D eigenvalue weighted by Crippen LogP contribution is 2.51. The van der Waals surface area contributed by atoms with Crippen molar-refractivity contribution in [3.8, 4) is 11.5 Å². The number of hydrogen-bond acceptors (Lipinski definition) is 16. The summed E-state index contributed by atoms with van der Waals surface area (Å²) < 4.78 is 59.3. The van der Waals surface area contributed by atoms with E-state index < -0.39 is 33.7 Å². The minimum absolute atomic E-state index is 0.139. The first-order valence-corrected chi connectivity index (χ1v) is 25.7. The Labute approximate surface area is 415 Å². The summed E-state index contributed by atoms with van der Waals surface area (Å²) in [6.45, 7) is 24.9. The molecule has 6 aliphatic rings. The molecule has 16 heteroatoms. The van der Waals surface area contributed by atoms with Crippen LogP contribution in [0.1, 0.15) is 157 Å². The number of ether oxygens (including phenoxy) is 10. The van der Waals surface area contributed by atoms with E-state index in [0.29, 0.717) is 77.8 Å². The standard InChI is InChI=1S/C54H80N2O14/c1-37(39-17-21-41(22-18-39)59-25-43-27-61-43)69-55-49(3,4)33-53(34-50(55,5)6)65-31-45(67-53)29-63-47(57)15-13-11-12-14-16-48(58)64-30-46-32-66-54(68-46)35-51(7,8)56(52(9,10)36-54)70-38(2)40-19-23-42(24-20-40)60-26-44-28-62-44/h17-24,37-38,43-46H,11-16,25-36H2,1-10H3. The first-order valence-electron chi connectivity index (χ1n) is 25.7. The lowest BCUT2D eigenvalue weighted by atomic mass is 9.78. The van der Waals surface area contributed by atoms with Crippen LogP contribution < -0.4 is 9.47 Å². The number of piperidine rings is 2. The van der Waals surface area contributed by atoms with Crippen LogP contribution in [0.5, 0.6) is 11.5 Å². The van der Waals surface area contributed by atoms with E-state index in [1.807, 2.05) is 48.5 Å². The topological polar surface area (TPSA) is 158 Å². The van der Waals surface area contributed by atoms with Crippen LogP contribution in [0.4, 0.5) is 0 Å². The second-order valence-corrected chi connectivity index (χ2v) is 22.9. The third-order valence-electron chi connectivity index (χ3n) is 14.1. The van der Waals surface area contributed by atoms with Gasteiger partial charge in [0.25, 0.3) is 0 Å². The van der Waals surface area contributed by atoms with Gasteiger partial charge in [0.2, 0.25) is 0 Å². The number of benzene rings is 2. The lowest BCUT2D eigenvalue weighted by molar-refractivity contribution is -0.352. The molecule has 0 bridgehead atoms. The molecule has 0 aliphatic carbocycles. The molecule has 6 saturated heterocycles. The Morgan fingerprint density at radius 1 is 0.514 bits per heavy atom. The van der Waals surface area contributed by atoms with Gasteiger partial charge in [-0.2, -0.15) is 10.1 Å². The lowest BCUT2D eigenvalue weighted by Gasteiger charge is -2.56. The first-order chi connectivity index (χ1) is 33.1. The van der Waals surface area contributed by atoms with Crippen LogP contribution in [-0.4, -0.2) is 133 Å². The van der Waals surface area contributed by atoms with Crippen molar-refractivity contribution in [1.29, 1.82) is 0 Å². The number of esters is 2. The van der Waals surface area contributed by atoms with E-state index in [1.54, 1.807) is 0 Å². The zero-order valence-electron chi connectivity index (χ0n) is 43.4. The molecule has 70 heavy (non-hydrogen) atoms. The van der Waals surface area contributed by atoms with Crippen LogP contribution in [0.3, 0.4) is 0 Å². The molecule has 6 aliphatic heterocycles. The number of nitrogens with zero attached hydrogens (tertiary/aromatic N) is 2. The highest BCUT2D eigenvalue weighted by molar-refractivity contribution is 5.69. The summed E-state index contributed by atoms with van der Waals surface area (Å²) >= 11 is 0. The summed E-state index contributed by atoms with van der Waals surface area (Å²) in [5.74, 6) is -0.509. The van der Waals surface area contributed by atoms with Crippen molar-refractivity contribution in [3.05, 3.63) is 59.7 Å². The maximum Gasteiger partial charge on any atom is 0.305 e. The Hall–Kier alpha value is -3.42. The molecule has 0 N–H and O–H groups in total. The Kier molecular flexibility index (Phi) is 16.3. The number of epoxide rings is 2. The van der Waals surface area contributed by atoms with Gasteiger partial charge in [-0.1, -0.05) is 37.1 Å². The first kappa shape index (κ1) is 52.9. The second kappa shape index (κ2) is 21.6. The van der Waals surface area contributed by atoms with E-state index in [0.717, 1.165) is 48.7 Å². The summed E-state index contributed by atoms with van der Waals surface area (Å²) in [5, 5.41) is 4.19. The van der Waals surface area contributed by atoms with Crippen LogP contribution in [0, 0.1) is 0 Å². The molecule has 2 spiro atoms. The van der Waals surface area contributed by atoms with Crippen LogP contribution >= 0.6 is 0 Å². The lowest BCUT2D eigenvalue weighted by Crippen LogP contribution is -2.65. The largest absolute Gasteiger partial charge is 0.491 e. The van der Waals surface area contributed by atoms with Crippen molar-refractivity contribution in [2.75, 3.05) is 52.9 Å². The van der Waals surface area contributed by atoms with E-state index in [-0.39, 0.29) is 61.8 Å². The Morgan fingerprint density at radius 2 is 0.857 bits per heavy atom. The summed E-state index contributed by atoms with van der Waals surface area (Å²) in [4.78, 5) is 38.8. The van der Waals surface area contributed by atoms with Crippen molar-refractivity contribution in [1.82, 2.24) is 10.1 Å².